The molecular weight excluding hydrogens is 514 g/mol. The third-order valence-electron chi connectivity index (χ3n) is 6.75. The fourth-order valence-corrected chi connectivity index (χ4v) is 6.07. The van der Waals surface area contributed by atoms with Gasteiger partial charge in [-0.15, -0.1) is 0 Å². The summed E-state index contributed by atoms with van der Waals surface area (Å²) >= 11 is 0. The quantitative estimate of drug-likeness (QED) is 0.418. The topological polar surface area (TPSA) is 104 Å². The van der Waals surface area contributed by atoms with Gasteiger partial charge < -0.3 is 10.2 Å². The third kappa shape index (κ3) is 6.20. The molecule has 1 heterocycles. The van der Waals surface area contributed by atoms with Crippen molar-refractivity contribution >= 4 is 27.7 Å². The molecule has 0 radical (unpaired) electrons. The predicted molar refractivity (Wildman–Crippen MR) is 148 cm³/mol. The summed E-state index contributed by atoms with van der Waals surface area (Å²) in [6, 6.07) is 21.8. The number of sulfonamides is 1. The first-order valence-electron chi connectivity index (χ1n) is 12.9. The van der Waals surface area contributed by atoms with E-state index in [9.17, 15) is 22.8 Å². The van der Waals surface area contributed by atoms with Crippen LogP contribution in [0.1, 0.15) is 40.9 Å². The van der Waals surface area contributed by atoms with Crippen LogP contribution in [0.4, 0.5) is 0 Å². The Bertz CT molecular complexity index is 1470. The minimum Gasteiger partial charge on any atom is -0.354 e. The lowest BCUT2D eigenvalue weighted by Crippen LogP contribution is -2.53. The highest BCUT2D eigenvalue weighted by atomic mass is 32.2. The highest BCUT2D eigenvalue weighted by Gasteiger charge is 2.43. The molecule has 0 fully saturated rings. The molecular formula is C30H33N3O5S. The molecule has 3 aromatic carbocycles. The minimum atomic E-state index is -4.20. The standard InChI is InChI=1S/C30H33N3O5S/c1-21(2)18-31-29(35)26(17-23-12-5-4-6-13-23)32(19-24-14-8-7-11-22(24)3)28(34)20-33-30(36)25-15-9-10-16-27(25)39(33,37)38/h4-16,21,26H,17-20H2,1-3H3,(H,31,35)/t26-/m1/s1. The molecule has 39 heavy (non-hydrogen) atoms. The summed E-state index contributed by atoms with van der Waals surface area (Å²) in [6.45, 7) is 5.66. The SMILES string of the molecule is Cc1ccccc1CN(C(=O)CN1C(=O)c2ccccc2S1(=O)=O)[C@H](Cc1ccccc1)C(=O)NCC(C)C. The summed E-state index contributed by atoms with van der Waals surface area (Å²) in [6.07, 6.45) is 0.226. The van der Waals surface area contributed by atoms with Crippen LogP contribution in [0, 0.1) is 12.8 Å². The molecule has 0 bridgehead atoms. The second kappa shape index (κ2) is 11.8. The molecule has 0 saturated carbocycles. The number of benzene rings is 3. The number of fused-ring (bicyclic) bond motifs is 1. The maximum atomic E-state index is 14.0. The van der Waals surface area contributed by atoms with Gasteiger partial charge in [0.25, 0.3) is 15.9 Å². The lowest BCUT2D eigenvalue weighted by molar-refractivity contribution is -0.141. The number of aryl methyl sites for hydroxylation is 1. The summed E-state index contributed by atoms with van der Waals surface area (Å²) in [4.78, 5) is 41.9. The number of hydrogen-bond donors (Lipinski definition) is 1. The van der Waals surface area contributed by atoms with Gasteiger partial charge in [-0.25, -0.2) is 12.7 Å². The molecule has 1 aliphatic heterocycles. The van der Waals surface area contributed by atoms with Crippen LogP contribution in [0.2, 0.25) is 0 Å². The van der Waals surface area contributed by atoms with Crippen LogP contribution in [0.25, 0.3) is 0 Å². The van der Waals surface area contributed by atoms with E-state index in [0.717, 1.165) is 16.7 Å². The average molecular weight is 548 g/mol. The van der Waals surface area contributed by atoms with Crippen molar-refractivity contribution in [2.24, 2.45) is 5.92 Å². The zero-order valence-corrected chi connectivity index (χ0v) is 23.1. The van der Waals surface area contributed by atoms with E-state index in [2.05, 4.69) is 5.32 Å². The molecule has 0 saturated heterocycles. The average Bonchev–Trinajstić information content (AvgIpc) is 3.11. The van der Waals surface area contributed by atoms with Crippen LogP contribution in [-0.4, -0.2) is 54.5 Å². The molecule has 3 amide bonds. The van der Waals surface area contributed by atoms with E-state index in [0.29, 0.717) is 10.8 Å². The number of carbonyl (C=O) groups is 3. The van der Waals surface area contributed by atoms with Gasteiger partial charge >= 0.3 is 0 Å². The van der Waals surface area contributed by atoms with Crippen LogP contribution in [0.5, 0.6) is 0 Å². The first kappa shape index (κ1) is 28.0. The fraction of sp³-hybridized carbons (Fsp3) is 0.300. The number of amides is 3. The van der Waals surface area contributed by atoms with E-state index in [1.807, 2.05) is 75.4 Å². The van der Waals surface area contributed by atoms with E-state index in [4.69, 9.17) is 0 Å². The van der Waals surface area contributed by atoms with Crippen LogP contribution >= 0.6 is 0 Å². The maximum absolute atomic E-state index is 14.0. The van der Waals surface area contributed by atoms with Crippen LogP contribution in [0.3, 0.4) is 0 Å². The van der Waals surface area contributed by atoms with Crippen LogP contribution in [0.15, 0.2) is 83.8 Å². The second-order valence-electron chi connectivity index (χ2n) is 10.1. The lowest BCUT2D eigenvalue weighted by atomic mass is 10.0. The van der Waals surface area contributed by atoms with Gasteiger partial charge in [0.05, 0.1) is 5.56 Å². The Labute approximate surface area is 229 Å². The highest BCUT2D eigenvalue weighted by Crippen LogP contribution is 2.30. The number of nitrogens with one attached hydrogen (secondary N) is 1. The summed E-state index contributed by atoms with van der Waals surface area (Å²) in [5, 5.41) is 2.94. The molecule has 1 aliphatic rings. The first-order valence-corrected chi connectivity index (χ1v) is 14.3. The van der Waals surface area contributed by atoms with Crippen molar-refractivity contribution in [3.05, 3.63) is 101 Å². The number of nitrogens with zero attached hydrogens (tertiary/aromatic N) is 2. The predicted octanol–water partition coefficient (Wildman–Crippen LogP) is 3.55. The third-order valence-corrected chi connectivity index (χ3v) is 8.54. The molecule has 9 heteroatoms. The van der Waals surface area contributed by atoms with Crippen molar-refractivity contribution in [1.29, 1.82) is 0 Å². The van der Waals surface area contributed by atoms with Gasteiger partial charge in [-0.2, -0.15) is 0 Å². The normalized spacial score (nSPS) is 14.7. The summed E-state index contributed by atoms with van der Waals surface area (Å²) in [7, 11) is -4.20. The largest absolute Gasteiger partial charge is 0.354 e. The Kier molecular flexibility index (Phi) is 8.50. The van der Waals surface area contributed by atoms with Gasteiger partial charge in [0.2, 0.25) is 11.8 Å². The van der Waals surface area contributed by atoms with Gasteiger partial charge in [0, 0.05) is 19.5 Å². The van der Waals surface area contributed by atoms with Crippen molar-refractivity contribution in [3.63, 3.8) is 0 Å². The van der Waals surface area contributed by atoms with Gasteiger partial charge in [-0.05, 0) is 41.7 Å². The minimum absolute atomic E-state index is 0.0336. The van der Waals surface area contributed by atoms with Crippen LogP contribution < -0.4 is 5.32 Å². The van der Waals surface area contributed by atoms with E-state index in [-0.39, 0.29) is 35.2 Å². The molecule has 0 aliphatic carbocycles. The van der Waals surface area contributed by atoms with E-state index >= 15 is 0 Å². The number of carbonyl (C=O) groups excluding carboxylic acids is 3. The van der Waals surface area contributed by atoms with Gasteiger partial charge in [-0.1, -0.05) is 80.6 Å². The molecule has 3 aromatic rings. The van der Waals surface area contributed by atoms with E-state index in [1.165, 1.54) is 23.1 Å². The summed E-state index contributed by atoms with van der Waals surface area (Å²) in [5.74, 6) is -1.53. The van der Waals surface area contributed by atoms with Gasteiger partial charge in [-0.3, -0.25) is 14.4 Å². The Morgan fingerprint density at radius 3 is 2.23 bits per heavy atom. The number of hydrogen-bond acceptors (Lipinski definition) is 5. The zero-order chi connectivity index (χ0) is 28.2. The second-order valence-corrected chi connectivity index (χ2v) is 11.9. The Balaban J connectivity index is 1.72. The zero-order valence-electron chi connectivity index (χ0n) is 22.3. The lowest BCUT2D eigenvalue weighted by Gasteiger charge is -2.33. The molecule has 0 spiro atoms. The van der Waals surface area contributed by atoms with Crippen molar-refractivity contribution in [1.82, 2.24) is 14.5 Å². The molecule has 204 valence electrons. The molecule has 4 rings (SSSR count). The molecule has 8 nitrogen and oxygen atoms in total. The van der Waals surface area contributed by atoms with Crippen molar-refractivity contribution in [2.45, 2.75) is 44.7 Å². The Morgan fingerprint density at radius 2 is 1.56 bits per heavy atom. The van der Waals surface area contributed by atoms with Gasteiger partial charge in [0.15, 0.2) is 0 Å². The van der Waals surface area contributed by atoms with E-state index < -0.39 is 34.4 Å². The van der Waals surface area contributed by atoms with Gasteiger partial charge in [0.1, 0.15) is 17.5 Å². The highest BCUT2D eigenvalue weighted by molar-refractivity contribution is 7.90. The summed E-state index contributed by atoms with van der Waals surface area (Å²) < 4.78 is 27.0. The van der Waals surface area contributed by atoms with Crippen molar-refractivity contribution in [2.75, 3.05) is 13.1 Å². The van der Waals surface area contributed by atoms with Crippen LogP contribution in [-0.2, 0) is 32.6 Å². The van der Waals surface area contributed by atoms with Crippen molar-refractivity contribution in [3.8, 4) is 0 Å². The molecule has 0 unspecified atom stereocenters. The Morgan fingerprint density at radius 1 is 0.923 bits per heavy atom. The van der Waals surface area contributed by atoms with E-state index in [1.54, 1.807) is 6.07 Å². The fourth-order valence-electron chi connectivity index (χ4n) is 4.55. The molecule has 1 atom stereocenters. The first-order chi connectivity index (χ1) is 18.6. The smallest absolute Gasteiger partial charge is 0.269 e. The summed E-state index contributed by atoms with van der Waals surface area (Å²) in [5.41, 5.74) is 2.63. The monoisotopic (exact) mass is 547 g/mol. The molecule has 1 N–H and O–H groups in total. The maximum Gasteiger partial charge on any atom is 0.269 e. The Hall–Kier alpha value is -3.98. The van der Waals surface area contributed by atoms with Crippen molar-refractivity contribution < 1.29 is 22.8 Å². The molecule has 0 aromatic heterocycles. The number of rotatable bonds is 10.